The van der Waals surface area contributed by atoms with Gasteiger partial charge >= 0.3 is 0 Å². The molecule has 0 aliphatic carbocycles. The van der Waals surface area contributed by atoms with E-state index in [-0.39, 0.29) is 0 Å². The van der Waals surface area contributed by atoms with Crippen LogP contribution >= 0.6 is 22.0 Å². The Kier molecular flexibility index (Phi) is 4.82. The summed E-state index contributed by atoms with van der Waals surface area (Å²) in [7, 11) is 1.03. The van der Waals surface area contributed by atoms with Crippen LogP contribution in [0.1, 0.15) is 0 Å². The van der Waals surface area contributed by atoms with E-state index in [4.69, 9.17) is 9.81 Å². The number of hydrogen-bond donors (Lipinski definition) is 0. The van der Waals surface area contributed by atoms with E-state index in [0.717, 1.165) is 0 Å². The van der Waals surface area contributed by atoms with Crippen molar-refractivity contribution in [1.82, 2.24) is 0 Å². The van der Waals surface area contributed by atoms with E-state index in [0.29, 0.717) is 22.0 Å². The minimum atomic E-state index is 0.515. The first-order chi connectivity index (χ1) is 2.91. The molecule has 0 unspecified atom stereocenters. The lowest BCUT2D eigenvalue weighted by atomic mass is 13.7. The molecule has 0 aromatic heterocycles. The first-order valence-electron chi connectivity index (χ1n) is 0.897. The molecular formula is N2O2S2. The van der Waals surface area contributed by atoms with Gasteiger partial charge in [0.05, 0.1) is 0 Å². The molecule has 0 aliphatic rings. The smallest absolute Gasteiger partial charge is 0.118 e. The van der Waals surface area contributed by atoms with Crippen molar-refractivity contribution in [2.75, 3.05) is 0 Å². The Bertz CT molecular complexity index is 45.5. The minimum Gasteiger partial charge on any atom is -0.136 e. The molecule has 0 bridgehead atoms. The van der Waals surface area contributed by atoms with E-state index in [1.165, 1.54) is 0 Å². The van der Waals surface area contributed by atoms with Gasteiger partial charge in [-0.05, 0) is 0 Å². The maximum absolute atomic E-state index is 9.06. The zero-order chi connectivity index (χ0) is 4.83. The van der Waals surface area contributed by atoms with Crippen LogP contribution in [0.4, 0.5) is 0 Å². The van der Waals surface area contributed by atoms with Gasteiger partial charge in [0.25, 0.3) is 0 Å². The molecule has 0 aliphatic heterocycles. The second kappa shape index (κ2) is 4.90. The van der Waals surface area contributed by atoms with Gasteiger partial charge in [0.1, 0.15) is 22.0 Å². The quantitative estimate of drug-likeness (QED) is 0.249. The maximum Gasteiger partial charge on any atom is 0.118 e. The number of nitrogens with zero attached hydrogens (tertiary/aromatic N) is 2. The Hall–Kier alpha value is -0.100. The van der Waals surface area contributed by atoms with Gasteiger partial charge in [-0.2, -0.15) is 0 Å². The van der Waals surface area contributed by atoms with Crippen LogP contribution in [0.3, 0.4) is 0 Å². The Morgan fingerprint density at radius 2 is 1.33 bits per heavy atom. The van der Waals surface area contributed by atoms with Crippen molar-refractivity contribution in [3.8, 4) is 0 Å². The zero-order valence-electron chi connectivity index (χ0n) is 2.53. The topological polar surface area (TPSA) is 58.9 Å². The predicted molar refractivity (Wildman–Crippen MR) is 26.8 cm³/mol. The van der Waals surface area contributed by atoms with Crippen LogP contribution in [0.2, 0.25) is 0 Å². The predicted octanol–water partition coefficient (Wildman–Crippen LogP) is 1.73. The van der Waals surface area contributed by atoms with E-state index in [2.05, 4.69) is 9.16 Å². The molecule has 0 spiro atoms. The molecule has 0 saturated carbocycles. The third kappa shape index (κ3) is 3.90. The van der Waals surface area contributed by atoms with Crippen molar-refractivity contribution in [3.63, 3.8) is 0 Å². The summed E-state index contributed by atoms with van der Waals surface area (Å²) in [5, 5.41) is 0. The first-order valence-corrected chi connectivity index (χ1v) is 2.96. The average Bonchev–Trinajstić information content (AvgIpc) is 1.61. The highest BCUT2D eigenvalue weighted by Crippen LogP contribution is 2.21. The highest BCUT2D eigenvalue weighted by atomic mass is 33.1. The fraction of sp³-hybridized carbons (Fsp3) is 0. The van der Waals surface area contributed by atoms with E-state index < -0.39 is 0 Å². The molecule has 0 fully saturated rings. The molecule has 0 aromatic carbocycles. The normalized spacial score (nSPS) is 7.33. The average molecular weight is 124 g/mol. The third-order valence-electron chi connectivity index (χ3n) is 0.0942. The van der Waals surface area contributed by atoms with Crippen LogP contribution in [0.25, 0.3) is 0 Å². The highest BCUT2D eigenvalue weighted by Gasteiger charge is 1.79. The molecule has 0 aromatic rings. The minimum absolute atomic E-state index is 0.515. The van der Waals surface area contributed by atoms with Crippen molar-refractivity contribution in [2.45, 2.75) is 0 Å². The lowest BCUT2D eigenvalue weighted by molar-refractivity contribution is 1.88. The Labute approximate surface area is 41.7 Å². The number of nitroso groups, excluding NO2 is 2. The van der Waals surface area contributed by atoms with E-state index in [1.54, 1.807) is 0 Å². The maximum atomic E-state index is 9.06. The summed E-state index contributed by atoms with van der Waals surface area (Å²) in [6, 6.07) is 0. The molecule has 0 atom stereocenters. The Morgan fingerprint density at radius 1 is 1.00 bits per heavy atom. The molecule has 0 saturated heterocycles. The van der Waals surface area contributed by atoms with Gasteiger partial charge in [-0.3, -0.25) is 0 Å². The van der Waals surface area contributed by atoms with Crippen LogP contribution in [0, 0.1) is 9.81 Å². The molecule has 4 nitrogen and oxygen atoms in total. The zero-order valence-corrected chi connectivity index (χ0v) is 4.16. The van der Waals surface area contributed by atoms with Gasteiger partial charge in [0.15, 0.2) is 0 Å². The van der Waals surface area contributed by atoms with E-state index in [1.807, 2.05) is 0 Å². The summed E-state index contributed by atoms with van der Waals surface area (Å²) in [5.41, 5.74) is 0. The second-order valence-corrected chi connectivity index (χ2v) is 1.79. The van der Waals surface area contributed by atoms with Crippen LogP contribution in [-0.2, 0) is 0 Å². The van der Waals surface area contributed by atoms with Crippen LogP contribution in [0.5, 0.6) is 0 Å². The summed E-state index contributed by atoms with van der Waals surface area (Å²) in [5.74, 6) is 0. The summed E-state index contributed by atoms with van der Waals surface area (Å²) in [6.07, 6.45) is 0. The van der Waals surface area contributed by atoms with Gasteiger partial charge in [0.2, 0.25) is 0 Å². The number of hydrogen-bond acceptors (Lipinski definition) is 6. The SMILES string of the molecule is O=NSSN=O. The Balaban J connectivity index is 2.66. The summed E-state index contributed by atoms with van der Waals surface area (Å²) >= 11 is 0. The van der Waals surface area contributed by atoms with Gasteiger partial charge in [-0.25, -0.2) is 0 Å². The van der Waals surface area contributed by atoms with Crippen LogP contribution < -0.4 is 0 Å². The standard InChI is InChI=1S/N2O2S2/c3-1-5-6-2-4. The molecule has 0 N–H and O–H groups in total. The first kappa shape index (κ1) is 5.90. The van der Waals surface area contributed by atoms with Crippen LogP contribution in [-0.4, -0.2) is 0 Å². The molecule has 0 radical (unpaired) electrons. The van der Waals surface area contributed by atoms with Crippen molar-refractivity contribution in [3.05, 3.63) is 9.81 Å². The van der Waals surface area contributed by atoms with Crippen molar-refractivity contribution >= 4 is 22.0 Å². The highest BCUT2D eigenvalue weighted by molar-refractivity contribution is 8.75. The van der Waals surface area contributed by atoms with Crippen molar-refractivity contribution in [2.24, 2.45) is 9.16 Å². The van der Waals surface area contributed by atoms with Gasteiger partial charge < -0.3 is 0 Å². The van der Waals surface area contributed by atoms with E-state index in [9.17, 15) is 0 Å². The lowest BCUT2D eigenvalue weighted by Gasteiger charge is -1.64. The molecule has 6 heavy (non-hydrogen) atoms. The molecule has 0 rings (SSSR count). The van der Waals surface area contributed by atoms with Crippen LogP contribution in [0.15, 0.2) is 9.16 Å². The van der Waals surface area contributed by atoms with Crippen molar-refractivity contribution < 1.29 is 0 Å². The monoisotopic (exact) mass is 124 g/mol. The lowest BCUT2D eigenvalue weighted by Crippen LogP contribution is -1.28. The molecule has 0 heterocycles. The fourth-order valence-corrected chi connectivity index (χ4v) is 0.245. The third-order valence-corrected chi connectivity index (χ3v) is 0.848. The Morgan fingerprint density at radius 3 is 1.50 bits per heavy atom. The van der Waals surface area contributed by atoms with Gasteiger partial charge in [-0.1, -0.05) is 0 Å². The molecule has 6 heteroatoms. The summed E-state index contributed by atoms with van der Waals surface area (Å²) in [6.45, 7) is 0. The summed E-state index contributed by atoms with van der Waals surface area (Å²) < 4.78 is 4.52. The van der Waals surface area contributed by atoms with E-state index >= 15 is 0 Å². The molecule has 34 valence electrons. The molecular weight excluding hydrogens is 124 g/mol. The summed E-state index contributed by atoms with van der Waals surface area (Å²) in [4.78, 5) is 18.1. The largest absolute Gasteiger partial charge is 0.136 e. The molecule has 0 amide bonds. The fourth-order valence-electron chi connectivity index (χ4n) is 0.0272. The van der Waals surface area contributed by atoms with Gasteiger partial charge in [0, 0.05) is 9.16 Å². The second-order valence-electron chi connectivity index (χ2n) is 0.298. The number of rotatable bonds is 3. The van der Waals surface area contributed by atoms with Gasteiger partial charge in [-0.15, -0.1) is 9.81 Å². The van der Waals surface area contributed by atoms with Crippen molar-refractivity contribution in [1.29, 1.82) is 0 Å².